The average molecular weight is 480 g/mol. The summed E-state index contributed by atoms with van der Waals surface area (Å²) < 4.78 is 21.1. The molecule has 8 nitrogen and oxygen atoms in total. The summed E-state index contributed by atoms with van der Waals surface area (Å²) in [5, 5.41) is 16.3. The molecule has 10 heteroatoms. The number of hydrogen-bond acceptors (Lipinski definition) is 7. The van der Waals surface area contributed by atoms with Crippen molar-refractivity contribution in [3.8, 4) is 23.0 Å². The molecule has 1 amide bonds. The van der Waals surface area contributed by atoms with Crippen LogP contribution in [-0.4, -0.2) is 45.8 Å². The Morgan fingerprint density at radius 2 is 1.78 bits per heavy atom. The van der Waals surface area contributed by atoms with Crippen molar-refractivity contribution in [2.45, 2.75) is 4.90 Å². The second-order valence-electron chi connectivity index (χ2n) is 6.70. The topological polar surface area (TPSA) is 110 Å². The monoisotopic (exact) mass is 479 g/mol. The molecular formula is C22H22ClNO7S. The maximum atomic E-state index is 12.8. The van der Waals surface area contributed by atoms with E-state index in [1.807, 2.05) is 0 Å². The fraction of sp³-hybridized carbons (Fsp3) is 0.273. The van der Waals surface area contributed by atoms with Crippen molar-refractivity contribution in [1.82, 2.24) is 5.32 Å². The fourth-order valence-corrected chi connectivity index (χ4v) is 4.69. The van der Waals surface area contributed by atoms with Crippen molar-refractivity contribution < 1.29 is 28.5 Å². The van der Waals surface area contributed by atoms with Gasteiger partial charge >= 0.3 is 5.63 Å². The first-order valence-electron chi connectivity index (χ1n) is 9.44. The molecular weight excluding hydrogens is 458 g/mol. The lowest BCUT2D eigenvalue weighted by Gasteiger charge is -2.15. The van der Waals surface area contributed by atoms with Crippen LogP contribution >= 0.6 is 11.6 Å². The Morgan fingerprint density at radius 1 is 1.12 bits per heavy atom. The molecule has 0 saturated heterocycles. The summed E-state index contributed by atoms with van der Waals surface area (Å²) in [7, 11) is 3.66. The molecule has 2 aromatic carbocycles. The molecule has 1 unspecified atom stereocenters. The minimum absolute atomic E-state index is 0.0712. The third kappa shape index (κ3) is 4.73. The SMILES string of the molecule is COc1cc(C(=O)NCC[S+](C)c2c([O-])c3ccc(Cl)cc3oc2=O)cc(OC)c1OC. The first kappa shape index (κ1) is 23.6. The zero-order chi connectivity index (χ0) is 23.4. The second kappa shape index (κ2) is 10.1. The van der Waals surface area contributed by atoms with Gasteiger partial charge in [-0.2, -0.15) is 0 Å². The molecule has 0 aliphatic carbocycles. The first-order valence-corrected chi connectivity index (χ1v) is 11.6. The van der Waals surface area contributed by atoms with E-state index in [4.69, 9.17) is 30.2 Å². The quantitative estimate of drug-likeness (QED) is 0.390. The van der Waals surface area contributed by atoms with Crippen LogP contribution in [0.3, 0.4) is 0 Å². The molecule has 1 heterocycles. The van der Waals surface area contributed by atoms with Gasteiger partial charge in [-0.15, -0.1) is 0 Å². The lowest BCUT2D eigenvalue weighted by atomic mass is 10.1. The van der Waals surface area contributed by atoms with Crippen LogP contribution in [0.25, 0.3) is 11.0 Å². The highest BCUT2D eigenvalue weighted by atomic mass is 35.5. The van der Waals surface area contributed by atoms with Gasteiger partial charge in [0, 0.05) is 32.9 Å². The standard InChI is InChI=1S/C22H22ClNO7S/c1-28-16-9-12(10-17(29-2)19(16)30-3)21(26)24-7-8-32(4)20-18(25)14-6-5-13(23)11-15(14)31-22(20)27/h5-6,9-11H,7-8H2,1-4H3,(H-,24,25,26,27). The molecule has 1 N–H and O–H groups in total. The van der Waals surface area contributed by atoms with E-state index in [9.17, 15) is 14.7 Å². The van der Waals surface area contributed by atoms with Gasteiger partial charge in [0.25, 0.3) is 5.91 Å². The van der Waals surface area contributed by atoms with Gasteiger partial charge < -0.3 is 29.1 Å². The highest BCUT2D eigenvalue weighted by Crippen LogP contribution is 2.38. The number of fused-ring (bicyclic) bond motifs is 1. The molecule has 1 atom stereocenters. The van der Waals surface area contributed by atoms with E-state index < -0.39 is 16.5 Å². The van der Waals surface area contributed by atoms with Crippen LogP contribution < -0.4 is 30.3 Å². The van der Waals surface area contributed by atoms with Crippen LogP contribution in [0.2, 0.25) is 5.02 Å². The van der Waals surface area contributed by atoms with Crippen molar-refractivity contribution in [3.05, 3.63) is 51.3 Å². The van der Waals surface area contributed by atoms with Gasteiger partial charge in [0.1, 0.15) is 17.6 Å². The number of amides is 1. The minimum atomic E-state index is -0.744. The molecule has 0 aliphatic heterocycles. The molecule has 0 spiro atoms. The Balaban J connectivity index is 1.74. The second-order valence-corrected chi connectivity index (χ2v) is 9.23. The molecule has 0 radical (unpaired) electrons. The Bertz CT molecular complexity index is 1190. The number of carbonyl (C=O) groups is 1. The molecule has 1 aromatic heterocycles. The Hall–Kier alpha value is -3.04. The molecule has 0 saturated carbocycles. The van der Waals surface area contributed by atoms with Crippen molar-refractivity contribution in [2.24, 2.45) is 0 Å². The van der Waals surface area contributed by atoms with E-state index in [0.717, 1.165) is 0 Å². The Morgan fingerprint density at radius 3 is 2.38 bits per heavy atom. The Kier molecular flexibility index (Phi) is 7.42. The van der Waals surface area contributed by atoms with Gasteiger partial charge in [-0.1, -0.05) is 17.7 Å². The van der Waals surface area contributed by atoms with Gasteiger partial charge in [0.2, 0.25) is 10.6 Å². The van der Waals surface area contributed by atoms with Gasteiger partial charge in [-0.05, 0) is 23.9 Å². The van der Waals surface area contributed by atoms with Gasteiger partial charge in [0.05, 0.1) is 27.9 Å². The molecule has 3 aromatic rings. The lowest BCUT2D eigenvalue weighted by molar-refractivity contribution is -0.270. The van der Waals surface area contributed by atoms with E-state index >= 15 is 0 Å². The third-order valence-electron chi connectivity index (χ3n) is 4.75. The number of nitrogens with one attached hydrogen (secondary N) is 1. The van der Waals surface area contributed by atoms with Crippen LogP contribution in [0.5, 0.6) is 23.0 Å². The van der Waals surface area contributed by atoms with Crippen molar-refractivity contribution in [3.63, 3.8) is 0 Å². The predicted octanol–water partition coefficient (Wildman–Crippen LogP) is 2.58. The van der Waals surface area contributed by atoms with Gasteiger partial charge in [0.15, 0.2) is 11.5 Å². The normalized spacial score (nSPS) is 11.8. The van der Waals surface area contributed by atoms with E-state index in [2.05, 4.69) is 5.32 Å². The number of hydrogen-bond donors (Lipinski definition) is 1. The summed E-state index contributed by atoms with van der Waals surface area (Å²) >= 11 is 5.90. The zero-order valence-corrected chi connectivity index (χ0v) is 19.5. The summed E-state index contributed by atoms with van der Waals surface area (Å²) in [6.07, 6.45) is 1.76. The van der Waals surface area contributed by atoms with Crippen LogP contribution in [0.1, 0.15) is 10.4 Å². The van der Waals surface area contributed by atoms with Crippen LogP contribution in [0.15, 0.2) is 44.4 Å². The third-order valence-corrected chi connectivity index (χ3v) is 6.85. The smallest absolute Gasteiger partial charge is 0.391 e. The maximum absolute atomic E-state index is 12.8. The molecule has 0 bridgehead atoms. The van der Waals surface area contributed by atoms with Crippen LogP contribution in [0, 0.1) is 0 Å². The molecule has 3 rings (SSSR count). The van der Waals surface area contributed by atoms with Crippen LogP contribution in [0.4, 0.5) is 0 Å². The molecule has 0 fully saturated rings. The molecule has 170 valence electrons. The van der Waals surface area contributed by atoms with E-state index in [1.54, 1.807) is 24.5 Å². The largest absolute Gasteiger partial charge is 0.868 e. The predicted molar refractivity (Wildman–Crippen MR) is 122 cm³/mol. The van der Waals surface area contributed by atoms with Crippen molar-refractivity contribution in [1.29, 1.82) is 0 Å². The fourth-order valence-electron chi connectivity index (χ4n) is 3.16. The van der Waals surface area contributed by atoms with E-state index in [-0.39, 0.29) is 28.7 Å². The summed E-state index contributed by atoms with van der Waals surface area (Å²) in [6, 6.07) is 7.63. The lowest BCUT2D eigenvalue weighted by Crippen LogP contribution is -2.30. The average Bonchev–Trinajstić information content (AvgIpc) is 2.77. The summed E-state index contributed by atoms with van der Waals surface area (Å²) in [4.78, 5) is 25.1. The van der Waals surface area contributed by atoms with Crippen molar-refractivity contribution in [2.75, 3.05) is 39.9 Å². The van der Waals surface area contributed by atoms with Gasteiger partial charge in [-0.3, -0.25) is 4.79 Å². The number of halogens is 1. The first-order chi connectivity index (χ1) is 15.3. The number of benzene rings is 2. The highest BCUT2D eigenvalue weighted by molar-refractivity contribution is 7.96. The summed E-state index contributed by atoms with van der Waals surface area (Å²) in [5.41, 5.74) is -0.211. The van der Waals surface area contributed by atoms with Gasteiger partial charge in [-0.25, -0.2) is 4.79 Å². The number of rotatable bonds is 8. The number of methoxy groups -OCH3 is 3. The maximum Gasteiger partial charge on any atom is 0.391 e. The zero-order valence-electron chi connectivity index (χ0n) is 17.9. The van der Waals surface area contributed by atoms with E-state index in [1.165, 1.54) is 33.5 Å². The highest BCUT2D eigenvalue weighted by Gasteiger charge is 2.24. The van der Waals surface area contributed by atoms with Crippen LogP contribution in [-0.2, 0) is 10.9 Å². The number of carbonyl (C=O) groups excluding carboxylic acids is 1. The summed E-state index contributed by atoms with van der Waals surface area (Å²) in [5.74, 6) is 0.747. The Labute approximate surface area is 192 Å². The summed E-state index contributed by atoms with van der Waals surface area (Å²) in [6.45, 7) is 0.243. The van der Waals surface area contributed by atoms with Crippen molar-refractivity contribution >= 4 is 39.4 Å². The molecule has 32 heavy (non-hydrogen) atoms. The minimum Gasteiger partial charge on any atom is -0.868 e. The number of ether oxygens (including phenoxy) is 3. The molecule has 0 aliphatic rings. The van der Waals surface area contributed by atoms with E-state index in [0.29, 0.717) is 39.0 Å².